The monoisotopic (exact) mass is 427 g/mol. The zero-order valence-corrected chi connectivity index (χ0v) is 15.8. The minimum absolute atomic E-state index is 0.000874. The smallest absolute Gasteiger partial charge is 0.187 e. The van der Waals surface area contributed by atoms with Gasteiger partial charge in [0.15, 0.2) is 6.29 Å². The van der Waals surface area contributed by atoms with Crippen molar-refractivity contribution >= 4 is 0 Å². The molecule has 0 saturated carbocycles. The van der Waals surface area contributed by atoms with E-state index in [-0.39, 0.29) is 5.69 Å². The van der Waals surface area contributed by atoms with E-state index < -0.39 is 62.2 Å². The van der Waals surface area contributed by atoms with Gasteiger partial charge < -0.3 is 45.2 Å². The topological polar surface area (TPSA) is 191 Å². The van der Waals surface area contributed by atoms with Crippen molar-refractivity contribution in [3.63, 3.8) is 0 Å². The number of nitrogens with zero attached hydrogens (tertiary/aromatic N) is 3. The number of benzene rings is 1. The van der Waals surface area contributed by atoms with Crippen molar-refractivity contribution < 1.29 is 45.2 Å². The summed E-state index contributed by atoms with van der Waals surface area (Å²) in [5, 5.41) is 77.5. The maximum atomic E-state index is 10.7. The van der Waals surface area contributed by atoms with Crippen LogP contribution >= 0.6 is 0 Å². The fraction of sp³-hybridized carbons (Fsp3) is 0.556. The fourth-order valence-corrected chi connectivity index (χ4v) is 3.08. The normalized spacial score (nSPS) is 30.0. The van der Waals surface area contributed by atoms with Gasteiger partial charge in [-0.05, 0) is 12.1 Å². The average Bonchev–Trinajstić information content (AvgIpc) is 3.27. The fourth-order valence-electron chi connectivity index (χ4n) is 3.08. The molecule has 2 aromatic rings. The van der Waals surface area contributed by atoms with Gasteiger partial charge >= 0.3 is 0 Å². The lowest BCUT2D eigenvalue weighted by atomic mass is 9.99. The van der Waals surface area contributed by atoms with Crippen LogP contribution in [0.5, 0.6) is 0 Å². The number of aromatic nitrogens is 3. The SMILES string of the molecule is OCC(O)C(OC1OC(CO)C(O)C(O)C1O)C(O)c1cnn(-c2ccccc2)n1. The lowest BCUT2D eigenvalue weighted by molar-refractivity contribution is -0.325. The first-order chi connectivity index (χ1) is 14.4. The van der Waals surface area contributed by atoms with Gasteiger partial charge in [0.25, 0.3) is 0 Å². The van der Waals surface area contributed by atoms with Crippen LogP contribution in [0.15, 0.2) is 36.5 Å². The average molecular weight is 427 g/mol. The Kier molecular flexibility index (Phi) is 7.46. The van der Waals surface area contributed by atoms with Crippen LogP contribution in [-0.4, -0.2) is 107 Å². The van der Waals surface area contributed by atoms with Gasteiger partial charge in [-0.25, -0.2) is 0 Å². The van der Waals surface area contributed by atoms with E-state index >= 15 is 0 Å². The van der Waals surface area contributed by atoms with E-state index in [0.717, 1.165) is 0 Å². The Labute approximate surface area is 171 Å². The Hall–Kier alpha value is -2.00. The molecule has 8 atom stereocenters. The highest BCUT2D eigenvalue weighted by Gasteiger charge is 2.46. The van der Waals surface area contributed by atoms with E-state index in [1.165, 1.54) is 11.0 Å². The van der Waals surface area contributed by atoms with Crippen LogP contribution in [0.1, 0.15) is 11.8 Å². The molecule has 2 heterocycles. The summed E-state index contributed by atoms with van der Waals surface area (Å²) in [6, 6.07) is 8.83. The van der Waals surface area contributed by atoms with Crippen molar-refractivity contribution in [2.45, 2.75) is 49.0 Å². The second-order valence-electron chi connectivity index (χ2n) is 6.89. The van der Waals surface area contributed by atoms with Crippen LogP contribution < -0.4 is 0 Å². The zero-order valence-electron chi connectivity index (χ0n) is 15.8. The summed E-state index contributed by atoms with van der Waals surface area (Å²) in [4.78, 5) is 1.24. The first kappa shape index (κ1) is 22.7. The largest absolute Gasteiger partial charge is 0.394 e. The van der Waals surface area contributed by atoms with Gasteiger partial charge in [-0.3, -0.25) is 0 Å². The molecule has 1 aromatic carbocycles. The van der Waals surface area contributed by atoms with Crippen LogP contribution in [0.4, 0.5) is 0 Å². The summed E-state index contributed by atoms with van der Waals surface area (Å²) in [6.45, 7) is -1.47. The van der Waals surface area contributed by atoms with Gasteiger partial charge in [-0.15, -0.1) is 0 Å². The first-order valence-electron chi connectivity index (χ1n) is 9.28. The van der Waals surface area contributed by atoms with E-state index in [1.807, 2.05) is 6.07 Å². The molecule has 0 amide bonds. The van der Waals surface area contributed by atoms with Gasteiger partial charge in [-0.1, -0.05) is 18.2 Å². The Morgan fingerprint density at radius 3 is 2.37 bits per heavy atom. The molecule has 1 saturated heterocycles. The molecule has 12 nitrogen and oxygen atoms in total. The number of ether oxygens (including phenoxy) is 2. The van der Waals surface area contributed by atoms with Crippen LogP contribution in [0.2, 0.25) is 0 Å². The highest BCUT2D eigenvalue weighted by atomic mass is 16.7. The van der Waals surface area contributed by atoms with Crippen molar-refractivity contribution in [2.24, 2.45) is 0 Å². The summed E-state index contributed by atoms with van der Waals surface area (Å²) in [6.07, 6.45) is -11.4. The molecule has 1 fully saturated rings. The molecule has 7 N–H and O–H groups in total. The van der Waals surface area contributed by atoms with Crippen molar-refractivity contribution in [3.8, 4) is 5.69 Å². The van der Waals surface area contributed by atoms with Crippen molar-refractivity contribution in [1.82, 2.24) is 15.0 Å². The minimum atomic E-state index is -1.75. The second-order valence-corrected chi connectivity index (χ2v) is 6.89. The molecule has 12 heteroatoms. The number of aliphatic hydroxyl groups excluding tert-OH is 7. The molecule has 0 aliphatic carbocycles. The molecular weight excluding hydrogens is 402 g/mol. The predicted molar refractivity (Wildman–Crippen MR) is 98.1 cm³/mol. The molecule has 0 radical (unpaired) electrons. The maximum absolute atomic E-state index is 10.7. The zero-order chi connectivity index (χ0) is 21.8. The van der Waals surface area contributed by atoms with Crippen LogP contribution in [-0.2, 0) is 9.47 Å². The van der Waals surface area contributed by atoms with E-state index in [9.17, 15) is 35.7 Å². The van der Waals surface area contributed by atoms with E-state index in [2.05, 4.69) is 10.2 Å². The maximum Gasteiger partial charge on any atom is 0.187 e. The number of aliphatic hydroxyl groups is 7. The molecule has 0 spiro atoms. The molecule has 8 unspecified atom stereocenters. The molecule has 1 aromatic heterocycles. The standard InChI is InChI=1S/C18H25N3O9/c22-7-11(24)17(30-18-16(28)15(27)14(26)12(8-23)29-18)13(25)10-6-19-21(20-10)9-4-2-1-3-5-9/h1-6,11-18,22-28H,7-8H2. The van der Waals surface area contributed by atoms with Crippen LogP contribution in [0.25, 0.3) is 5.69 Å². The summed E-state index contributed by atoms with van der Waals surface area (Å²) in [5.41, 5.74) is 0.617. The molecule has 30 heavy (non-hydrogen) atoms. The van der Waals surface area contributed by atoms with Gasteiger partial charge in [0.05, 0.1) is 25.1 Å². The highest BCUT2D eigenvalue weighted by molar-refractivity contribution is 5.28. The molecule has 3 rings (SSSR count). The molecule has 0 bridgehead atoms. The van der Waals surface area contributed by atoms with Crippen LogP contribution in [0.3, 0.4) is 0 Å². The second kappa shape index (κ2) is 9.87. The Bertz CT molecular complexity index is 790. The van der Waals surface area contributed by atoms with E-state index in [1.54, 1.807) is 24.3 Å². The van der Waals surface area contributed by atoms with Gasteiger partial charge in [0.1, 0.15) is 48.4 Å². The number of rotatable bonds is 8. The van der Waals surface area contributed by atoms with Crippen molar-refractivity contribution in [1.29, 1.82) is 0 Å². The van der Waals surface area contributed by atoms with E-state index in [0.29, 0.717) is 5.69 Å². The predicted octanol–water partition coefficient (Wildman–Crippen LogP) is -3.16. The lowest BCUT2D eigenvalue weighted by Gasteiger charge is -2.41. The number of hydrogen-bond donors (Lipinski definition) is 7. The summed E-state index contributed by atoms with van der Waals surface area (Å²) in [7, 11) is 0. The highest BCUT2D eigenvalue weighted by Crippen LogP contribution is 2.28. The third-order valence-electron chi connectivity index (χ3n) is 4.82. The quantitative estimate of drug-likeness (QED) is 0.225. The summed E-state index contributed by atoms with van der Waals surface area (Å²) >= 11 is 0. The molecular formula is C18H25N3O9. The lowest BCUT2D eigenvalue weighted by Crippen LogP contribution is -2.60. The first-order valence-corrected chi connectivity index (χ1v) is 9.28. The number of hydrogen-bond acceptors (Lipinski definition) is 11. The van der Waals surface area contributed by atoms with Crippen molar-refractivity contribution in [3.05, 3.63) is 42.2 Å². The molecule has 166 valence electrons. The summed E-state index contributed by atoms with van der Waals surface area (Å²) in [5.74, 6) is 0. The summed E-state index contributed by atoms with van der Waals surface area (Å²) < 4.78 is 10.7. The van der Waals surface area contributed by atoms with E-state index in [4.69, 9.17) is 9.47 Å². The Balaban J connectivity index is 1.80. The Morgan fingerprint density at radius 2 is 1.73 bits per heavy atom. The molecule has 1 aliphatic heterocycles. The number of para-hydroxylation sites is 1. The minimum Gasteiger partial charge on any atom is -0.394 e. The third kappa shape index (κ3) is 4.67. The van der Waals surface area contributed by atoms with Gasteiger partial charge in [0, 0.05) is 0 Å². The van der Waals surface area contributed by atoms with Gasteiger partial charge in [0.2, 0.25) is 0 Å². The third-order valence-corrected chi connectivity index (χ3v) is 4.82. The van der Waals surface area contributed by atoms with Gasteiger partial charge in [-0.2, -0.15) is 15.0 Å². The Morgan fingerprint density at radius 1 is 1.03 bits per heavy atom. The van der Waals surface area contributed by atoms with Crippen molar-refractivity contribution in [2.75, 3.05) is 13.2 Å². The molecule has 1 aliphatic rings. The van der Waals surface area contributed by atoms with Crippen LogP contribution in [0, 0.1) is 0 Å².